The van der Waals surface area contributed by atoms with Crippen molar-refractivity contribution in [3.8, 4) is 0 Å². The molecule has 0 unspecified atom stereocenters. The van der Waals surface area contributed by atoms with Crippen molar-refractivity contribution in [2.75, 3.05) is 53.3 Å². The zero-order valence-electron chi connectivity index (χ0n) is 22.8. The van der Waals surface area contributed by atoms with Gasteiger partial charge in [-0.2, -0.15) is 0 Å². The van der Waals surface area contributed by atoms with Crippen molar-refractivity contribution >= 4 is 15.8 Å². The van der Waals surface area contributed by atoms with E-state index in [0.29, 0.717) is 32.8 Å². The lowest BCUT2D eigenvalue weighted by Crippen LogP contribution is -2.45. The molecule has 7 nitrogen and oxygen atoms in total. The maximum Gasteiger partial charge on any atom is 0.216 e. The minimum Gasteiger partial charge on any atom is -0.380 e. The SMILES string of the molecule is CC(=O)CC(C)(C)COCC(C)(C)CN(C)S(=O)(=O)CC(C)(C)OCCC(C)(C)N(C)C. The number of nitrogens with zero attached hydrogens (tertiary/aromatic N) is 2. The molecule has 0 amide bonds. The Morgan fingerprint density at radius 1 is 0.875 bits per heavy atom. The Morgan fingerprint density at radius 3 is 1.84 bits per heavy atom. The summed E-state index contributed by atoms with van der Waals surface area (Å²) in [4.78, 5) is 13.5. The zero-order valence-corrected chi connectivity index (χ0v) is 23.6. The summed E-state index contributed by atoms with van der Waals surface area (Å²) in [6.45, 7) is 19.2. The molecule has 0 radical (unpaired) electrons. The van der Waals surface area contributed by atoms with E-state index in [-0.39, 0.29) is 27.9 Å². The van der Waals surface area contributed by atoms with Crippen LogP contribution >= 0.6 is 0 Å². The number of ether oxygens (including phenoxy) is 2. The van der Waals surface area contributed by atoms with Crippen LogP contribution in [-0.4, -0.2) is 87.8 Å². The van der Waals surface area contributed by atoms with Gasteiger partial charge in [-0.3, -0.25) is 0 Å². The van der Waals surface area contributed by atoms with Gasteiger partial charge < -0.3 is 19.2 Å². The quantitative estimate of drug-likeness (QED) is 0.336. The lowest BCUT2D eigenvalue weighted by Gasteiger charge is -2.35. The van der Waals surface area contributed by atoms with Gasteiger partial charge in [0.25, 0.3) is 0 Å². The molecule has 8 heteroatoms. The van der Waals surface area contributed by atoms with Crippen molar-refractivity contribution in [1.82, 2.24) is 9.21 Å². The van der Waals surface area contributed by atoms with E-state index in [1.165, 1.54) is 4.31 Å². The van der Waals surface area contributed by atoms with E-state index in [4.69, 9.17) is 9.47 Å². The van der Waals surface area contributed by atoms with Gasteiger partial charge >= 0.3 is 0 Å². The van der Waals surface area contributed by atoms with E-state index in [2.05, 4.69) is 18.7 Å². The van der Waals surface area contributed by atoms with Crippen LogP contribution in [0.1, 0.15) is 75.2 Å². The summed E-state index contributed by atoms with van der Waals surface area (Å²) in [6, 6.07) is 0. The van der Waals surface area contributed by atoms with Gasteiger partial charge in [-0.1, -0.05) is 27.7 Å². The van der Waals surface area contributed by atoms with Gasteiger partial charge in [-0.25, -0.2) is 12.7 Å². The molecular weight excluding hydrogens is 428 g/mol. The molecule has 192 valence electrons. The molecule has 0 heterocycles. The molecule has 0 aliphatic rings. The van der Waals surface area contributed by atoms with Gasteiger partial charge in [-0.05, 0) is 60.5 Å². The van der Waals surface area contributed by atoms with Crippen LogP contribution in [0.15, 0.2) is 0 Å². The second-order valence-electron chi connectivity index (χ2n) is 12.3. The molecule has 0 N–H and O–H groups in total. The summed E-state index contributed by atoms with van der Waals surface area (Å²) >= 11 is 0. The first-order valence-corrected chi connectivity index (χ1v) is 13.0. The standard InChI is InChI=1S/C24H50N2O5S/c1-20(27)15-21(2,3)17-30-18-22(4,5)16-26(12)32(28,29)19-24(8,9)31-14-13-23(6,7)25(10)11/h13-19H2,1-12H3. The molecule has 0 aromatic heterocycles. The van der Waals surface area contributed by atoms with Crippen LogP contribution in [0.25, 0.3) is 0 Å². The lowest BCUT2D eigenvalue weighted by molar-refractivity contribution is -0.120. The lowest BCUT2D eigenvalue weighted by atomic mass is 9.88. The minimum absolute atomic E-state index is 0.0191. The highest BCUT2D eigenvalue weighted by Gasteiger charge is 2.34. The van der Waals surface area contributed by atoms with Crippen LogP contribution < -0.4 is 0 Å². The second kappa shape index (κ2) is 11.7. The van der Waals surface area contributed by atoms with Gasteiger partial charge in [-0.15, -0.1) is 0 Å². The largest absolute Gasteiger partial charge is 0.380 e. The number of ketones is 1. The molecule has 0 saturated carbocycles. The van der Waals surface area contributed by atoms with E-state index in [9.17, 15) is 13.2 Å². The maximum absolute atomic E-state index is 13.0. The van der Waals surface area contributed by atoms with Crippen molar-refractivity contribution in [3.05, 3.63) is 0 Å². The van der Waals surface area contributed by atoms with Crippen molar-refractivity contribution in [2.45, 2.75) is 86.3 Å². The summed E-state index contributed by atoms with van der Waals surface area (Å²) in [6.07, 6.45) is 1.27. The fourth-order valence-corrected chi connectivity index (χ4v) is 5.20. The van der Waals surface area contributed by atoms with Crippen molar-refractivity contribution in [1.29, 1.82) is 0 Å². The highest BCUT2D eigenvalue weighted by molar-refractivity contribution is 7.89. The van der Waals surface area contributed by atoms with E-state index >= 15 is 0 Å². The van der Waals surface area contributed by atoms with Crippen LogP contribution in [0.4, 0.5) is 0 Å². The zero-order chi connectivity index (χ0) is 25.6. The molecule has 0 aliphatic carbocycles. The van der Waals surface area contributed by atoms with Crippen LogP contribution in [0.5, 0.6) is 0 Å². The summed E-state index contributed by atoms with van der Waals surface area (Å²) in [5.41, 5.74) is -1.40. The van der Waals surface area contributed by atoms with Crippen molar-refractivity contribution in [3.63, 3.8) is 0 Å². The summed E-state index contributed by atoms with van der Waals surface area (Å²) in [7, 11) is 2.16. The number of hydrogen-bond donors (Lipinski definition) is 0. The maximum atomic E-state index is 13.0. The summed E-state index contributed by atoms with van der Waals surface area (Å²) in [5, 5.41) is 0. The van der Waals surface area contributed by atoms with Crippen molar-refractivity contribution in [2.24, 2.45) is 10.8 Å². The number of Topliss-reactive ketones (excluding diaryl/α,β-unsaturated/α-hetero) is 1. The number of rotatable bonds is 16. The van der Waals surface area contributed by atoms with Crippen LogP contribution in [0.2, 0.25) is 0 Å². The average Bonchev–Trinajstić information content (AvgIpc) is 2.50. The molecule has 0 saturated heterocycles. The molecular formula is C24H50N2O5S. The van der Waals surface area contributed by atoms with E-state index in [1.807, 2.05) is 55.6 Å². The highest BCUT2D eigenvalue weighted by Crippen LogP contribution is 2.25. The first-order valence-electron chi connectivity index (χ1n) is 11.4. The highest BCUT2D eigenvalue weighted by atomic mass is 32.2. The fraction of sp³-hybridized carbons (Fsp3) is 0.958. The Labute approximate surface area is 198 Å². The molecule has 0 aromatic carbocycles. The van der Waals surface area contributed by atoms with Gasteiger partial charge in [0.1, 0.15) is 5.78 Å². The molecule has 0 aliphatic heterocycles. The molecule has 0 fully saturated rings. The molecule has 0 bridgehead atoms. The summed E-state index contributed by atoms with van der Waals surface area (Å²) in [5.74, 6) is 0.0559. The van der Waals surface area contributed by atoms with Crippen LogP contribution in [0, 0.1) is 10.8 Å². The van der Waals surface area contributed by atoms with Gasteiger partial charge in [0, 0.05) is 37.6 Å². The number of sulfonamides is 1. The fourth-order valence-electron chi connectivity index (χ4n) is 3.47. The molecule has 0 rings (SSSR count). The normalized spacial score (nSPS) is 14.4. The second-order valence-corrected chi connectivity index (χ2v) is 14.4. The summed E-state index contributed by atoms with van der Waals surface area (Å²) < 4.78 is 39.3. The molecule has 0 spiro atoms. The minimum atomic E-state index is -3.51. The predicted molar refractivity (Wildman–Crippen MR) is 133 cm³/mol. The van der Waals surface area contributed by atoms with Gasteiger partial charge in [0.2, 0.25) is 10.0 Å². The molecule has 0 atom stereocenters. The predicted octanol–water partition coefficient (Wildman–Crippen LogP) is 3.82. The Balaban J connectivity index is 4.80. The van der Waals surface area contributed by atoms with Crippen molar-refractivity contribution < 1.29 is 22.7 Å². The van der Waals surface area contributed by atoms with E-state index in [1.54, 1.807) is 14.0 Å². The van der Waals surface area contributed by atoms with E-state index < -0.39 is 15.6 Å². The molecule has 32 heavy (non-hydrogen) atoms. The third-order valence-corrected chi connectivity index (χ3v) is 7.92. The Morgan fingerprint density at radius 2 is 1.38 bits per heavy atom. The number of carbonyl (C=O) groups is 1. The molecule has 0 aromatic rings. The topological polar surface area (TPSA) is 76.1 Å². The Bertz CT molecular complexity index is 697. The smallest absolute Gasteiger partial charge is 0.216 e. The monoisotopic (exact) mass is 478 g/mol. The number of hydrogen-bond acceptors (Lipinski definition) is 6. The van der Waals surface area contributed by atoms with Crippen LogP contribution in [-0.2, 0) is 24.3 Å². The number of carbonyl (C=O) groups excluding carboxylic acids is 1. The Hall–Kier alpha value is -0.540. The van der Waals surface area contributed by atoms with Crippen LogP contribution in [0.3, 0.4) is 0 Å². The van der Waals surface area contributed by atoms with Gasteiger partial charge in [0.05, 0.1) is 24.6 Å². The first kappa shape index (κ1) is 31.5. The third-order valence-electron chi connectivity index (χ3n) is 5.79. The third kappa shape index (κ3) is 12.6. The average molecular weight is 479 g/mol. The van der Waals surface area contributed by atoms with E-state index in [0.717, 1.165) is 6.42 Å². The Kier molecular flexibility index (Phi) is 11.5. The first-order chi connectivity index (χ1) is 14.1. The van der Waals surface area contributed by atoms with Gasteiger partial charge in [0.15, 0.2) is 0 Å².